The monoisotopic (exact) mass is 851 g/mol. The van der Waals surface area contributed by atoms with Crippen LogP contribution < -0.4 is 0 Å². The fraction of sp³-hybridized carbons (Fsp3) is 0.883. The van der Waals surface area contributed by atoms with E-state index in [0.717, 1.165) is 24.7 Å². The highest BCUT2D eigenvalue weighted by Gasteiger charge is 2.00. The fourth-order valence-corrected chi connectivity index (χ4v) is 9.18. The zero-order valence-electron chi connectivity index (χ0n) is 42.4. The van der Waals surface area contributed by atoms with Gasteiger partial charge in [-0.15, -0.1) is 0 Å². The molecule has 360 valence electrons. The second-order valence-corrected chi connectivity index (χ2v) is 19.7. The van der Waals surface area contributed by atoms with Crippen LogP contribution in [0.5, 0.6) is 0 Å². The van der Waals surface area contributed by atoms with E-state index in [-0.39, 0.29) is 0 Å². The van der Waals surface area contributed by atoms with Crippen LogP contribution in [0.3, 0.4) is 0 Å². The Labute approximate surface area is 386 Å². The van der Waals surface area contributed by atoms with Gasteiger partial charge in [0.1, 0.15) is 6.29 Å². The zero-order valence-corrected chi connectivity index (χ0v) is 42.4. The summed E-state index contributed by atoms with van der Waals surface area (Å²) in [6.07, 6.45) is 83.9. The third kappa shape index (κ3) is 55.0. The maximum absolute atomic E-state index is 11.6. The standard InChI is InChI=1S/C60H114O/c1-3-5-7-9-11-13-15-17-19-21-23-25-27-29-31-32-34-36-38-40-42-44-46-48-50-52-54-56-58-60(59-61)57-55-53-51-49-47-45-43-41-39-37-35-33-30-28-26-24-22-20-18-16-14-12-10-8-6-4-2/h17-20,58-59H,3-16,21-57H2,1-2H3. The third-order valence-corrected chi connectivity index (χ3v) is 13.5. The van der Waals surface area contributed by atoms with Crippen molar-refractivity contribution in [1.82, 2.24) is 0 Å². The molecular formula is C60H114O. The lowest BCUT2D eigenvalue weighted by atomic mass is 10.0. The van der Waals surface area contributed by atoms with Crippen molar-refractivity contribution in [2.75, 3.05) is 0 Å². The molecule has 0 aromatic rings. The lowest BCUT2D eigenvalue weighted by molar-refractivity contribution is -0.105. The number of unbranched alkanes of at least 4 members (excludes halogenated alkanes) is 46. The molecule has 1 heteroatoms. The van der Waals surface area contributed by atoms with Crippen LogP contribution in [0.4, 0.5) is 0 Å². The number of rotatable bonds is 54. The summed E-state index contributed by atoms with van der Waals surface area (Å²) in [6.45, 7) is 4.59. The minimum absolute atomic E-state index is 0.998. The smallest absolute Gasteiger partial charge is 0.145 e. The van der Waals surface area contributed by atoms with E-state index in [4.69, 9.17) is 0 Å². The van der Waals surface area contributed by atoms with E-state index >= 15 is 0 Å². The number of carbonyl (C=O) groups excluding carboxylic acids is 1. The highest BCUT2D eigenvalue weighted by Crippen LogP contribution is 2.18. The molecule has 61 heavy (non-hydrogen) atoms. The van der Waals surface area contributed by atoms with Crippen molar-refractivity contribution in [1.29, 1.82) is 0 Å². The van der Waals surface area contributed by atoms with Gasteiger partial charge in [0.15, 0.2) is 0 Å². The summed E-state index contributed by atoms with van der Waals surface area (Å²) < 4.78 is 0. The number of hydrogen-bond acceptors (Lipinski definition) is 1. The summed E-state index contributed by atoms with van der Waals surface area (Å²) >= 11 is 0. The van der Waals surface area contributed by atoms with Gasteiger partial charge in [-0.25, -0.2) is 0 Å². The van der Waals surface area contributed by atoms with Gasteiger partial charge in [-0.1, -0.05) is 295 Å². The maximum Gasteiger partial charge on any atom is 0.145 e. The van der Waals surface area contributed by atoms with E-state index in [2.05, 4.69) is 44.2 Å². The second kappa shape index (κ2) is 56.9. The molecule has 0 amide bonds. The quantitative estimate of drug-likeness (QED) is 0.0258. The van der Waals surface area contributed by atoms with Crippen molar-refractivity contribution in [3.8, 4) is 0 Å². The molecule has 0 aromatic carbocycles. The summed E-state index contributed by atoms with van der Waals surface area (Å²) in [5.41, 5.74) is 1.06. The van der Waals surface area contributed by atoms with Crippen molar-refractivity contribution in [3.63, 3.8) is 0 Å². The largest absolute Gasteiger partial charge is 0.298 e. The minimum Gasteiger partial charge on any atom is -0.298 e. The molecule has 1 nitrogen and oxygen atoms in total. The fourth-order valence-electron chi connectivity index (χ4n) is 9.18. The molecule has 0 fully saturated rings. The third-order valence-electron chi connectivity index (χ3n) is 13.5. The molecule has 0 saturated carbocycles. The summed E-state index contributed by atoms with van der Waals surface area (Å²) in [7, 11) is 0. The normalized spacial score (nSPS) is 12.2. The molecule has 0 N–H and O–H groups in total. The predicted octanol–water partition coefficient (Wildman–Crippen LogP) is 22.2. The van der Waals surface area contributed by atoms with Gasteiger partial charge in [-0.05, 0) is 82.6 Å². The van der Waals surface area contributed by atoms with Crippen LogP contribution >= 0.6 is 0 Å². The molecule has 0 bridgehead atoms. The zero-order chi connectivity index (χ0) is 43.9. The molecule has 0 spiro atoms. The Kier molecular flexibility index (Phi) is 55.9. The van der Waals surface area contributed by atoms with E-state index in [1.807, 2.05) is 0 Å². The van der Waals surface area contributed by atoms with Crippen LogP contribution in [0.1, 0.15) is 341 Å². The Morgan fingerprint density at radius 1 is 0.246 bits per heavy atom. The van der Waals surface area contributed by atoms with E-state index < -0.39 is 0 Å². The van der Waals surface area contributed by atoms with Crippen molar-refractivity contribution in [2.45, 2.75) is 341 Å². The number of aldehydes is 1. The average molecular weight is 852 g/mol. The Bertz CT molecular complexity index is 880. The molecule has 0 aliphatic heterocycles. The summed E-state index contributed by atoms with van der Waals surface area (Å²) in [5.74, 6) is 0. The molecule has 0 saturated heterocycles. The summed E-state index contributed by atoms with van der Waals surface area (Å²) in [4.78, 5) is 11.6. The molecule has 0 aliphatic rings. The van der Waals surface area contributed by atoms with Gasteiger partial charge in [0.2, 0.25) is 0 Å². The molecule has 0 atom stereocenters. The van der Waals surface area contributed by atoms with E-state index in [0.29, 0.717) is 0 Å². The molecule has 0 aliphatic carbocycles. The number of allylic oxidation sites excluding steroid dienone is 6. The summed E-state index contributed by atoms with van der Waals surface area (Å²) in [6, 6.07) is 0. The first-order valence-corrected chi connectivity index (χ1v) is 28.8. The molecule has 0 rings (SSSR count). The van der Waals surface area contributed by atoms with Crippen LogP contribution in [0.2, 0.25) is 0 Å². The lowest BCUT2D eigenvalue weighted by Gasteiger charge is -2.04. The highest BCUT2D eigenvalue weighted by atomic mass is 16.1. The molecular weight excluding hydrogens is 737 g/mol. The van der Waals surface area contributed by atoms with Crippen LogP contribution in [0.15, 0.2) is 36.0 Å². The van der Waals surface area contributed by atoms with Crippen molar-refractivity contribution < 1.29 is 4.79 Å². The van der Waals surface area contributed by atoms with Crippen LogP contribution in [-0.4, -0.2) is 6.29 Å². The van der Waals surface area contributed by atoms with Crippen LogP contribution in [-0.2, 0) is 4.79 Å². The van der Waals surface area contributed by atoms with Gasteiger partial charge in [-0.2, -0.15) is 0 Å². The number of hydrogen-bond donors (Lipinski definition) is 0. The minimum atomic E-state index is 0.998. The summed E-state index contributed by atoms with van der Waals surface area (Å²) in [5, 5.41) is 0. The topological polar surface area (TPSA) is 17.1 Å². The highest BCUT2D eigenvalue weighted by molar-refractivity contribution is 5.72. The van der Waals surface area contributed by atoms with Gasteiger partial charge in [0, 0.05) is 0 Å². The molecule has 0 unspecified atom stereocenters. The second-order valence-electron chi connectivity index (χ2n) is 19.7. The van der Waals surface area contributed by atoms with E-state index in [1.54, 1.807) is 0 Å². The van der Waals surface area contributed by atoms with Gasteiger partial charge >= 0.3 is 0 Å². The first-order valence-electron chi connectivity index (χ1n) is 28.8. The van der Waals surface area contributed by atoms with E-state index in [1.165, 1.54) is 315 Å². The Balaban J connectivity index is 3.30. The van der Waals surface area contributed by atoms with Gasteiger partial charge in [-0.3, -0.25) is 4.79 Å². The first-order chi connectivity index (χ1) is 30.3. The molecule has 0 aromatic heterocycles. The lowest BCUT2D eigenvalue weighted by Crippen LogP contribution is -1.88. The van der Waals surface area contributed by atoms with Gasteiger partial charge in [0.25, 0.3) is 0 Å². The van der Waals surface area contributed by atoms with Gasteiger partial charge in [0.05, 0.1) is 0 Å². The van der Waals surface area contributed by atoms with Gasteiger partial charge < -0.3 is 0 Å². The van der Waals surface area contributed by atoms with Crippen LogP contribution in [0, 0.1) is 0 Å². The Morgan fingerprint density at radius 2 is 0.443 bits per heavy atom. The van der Waals surface area contributed by atoms with Crippen molar-refractivity contribution >= 4 is 6.29 Å². The molecule has 0 heterocycles. The Morgan fingerprint density at radius 3 is 0.672 bits per heavy atom. The van der Waals surface area contributed by atoms with Crippen molar-refractivity contribution in [3.05, 3.63) is 36.0 Å². The molecule has 0 radical (unpaired) electrons. The first kappa shape index (κ1) is 59.9. The maximum atomic E-state index is 11.6. The number of carbonyl (C=O) groups is 1. The van der Waals surface area contributed by atoms with Crippen LogP contribution in [0.25, 0.3) is 0 Å². The van der Waals surface area contributed by atoms with E-state index in [9.17, 15) is 4.79 Å². The predicted molar refractivity (Wildman–Crippen MR) is 279 cm³/mol. The SMILES string of the molecule is CCCCCCCCC=CCCCCCCCCCCCCCCCCCCCC=C(C=O)CCCCCCCCCCCCCCCCCCC=CCCCCCCCC. The van der Waals surface area contributed by atoms with Crippen molar-refractivity contribution in [2.24, 2.45) is 0 Å². The Hall–Kier alpha value is -1.11. The average Bonchev–Trinajstić information content (AvgIpc) is 3.27.